The lowest BCUT2D eigenvalue weighted by Crippen LogP contribution is -2.12. The van der Waals surface area contributed by atoms with Crippen LogP contribution in [0.15, 0.2) is 18.5 Å². The number of anilines is 1. The number of nitrogens with two attached hydrogens (primary N) is 1. The molecule has 1 heterocycles. The molecule has 0 fully saturated rings. The van der Waals surface area contributed by atoms with Crippen LogP contribution in [-0.4, -0.2) is 20.7 Å². The summed E-state index contributed by atoms with van der Waals surface area (Å²) in [6, 6.07) is 2.96. The van der Waals surface area contributed by atoms with Gasteiger partial charge in [-0.1, -0.05) is 23.2 Å². The van der Waals surface area contributed by atoms with Crippen LogP contribution in [0.1, 0.15) is 36.1 Å². The van der Waals surface area contributed by atoms with Gasteiger partial charge in [0, 0.05) is 6.04 Å². The molecule has 0 aliphatic carbocycles. The summed E-state index contributed by atoms with van der Waals surface area (Å²) in [5.41, 5.74) is 6.12. The second-order valence-corrected chi connectivity index (χ2v) is 5.44. The lowest BCUT2D eigenvalue weighted by atomic mass is 10.2. The summed E-state index contributed by atoms with van der Waals surface area (Å²) >= 11 is 11.7. The maximum atomic E-state index is 12.0. The minimum atomic E-state index is -0.557. The zero-order valence-corrected chi connectivity index (χ0v) is 13.0. The number of aromatic nitrogens is 3. The van der Waals surface area contributed by atoms with E-state index in [1.165, 1.54) is 18.5 Å². The molecule has 0 atom stereocenters. The largest absolute Gasteiger partial charge is 0.454 e. The lowest BCUT2D eigenvalue weighted by molar-refractivity contribution is 0.0455. The maximum Gasteiger partial charge on any atom is 0.338 e. The number of nitrogens with zero attached hydrogens (tertiary/aromatic N) is 3. The van der Waals surface area contributed by atoms with Gasteiger partial charge in [-0.2, -0.15) is 5.10 Å². The van der Waals surface area contributed by atoms with Crippen molar-refractivity contribution >= 4 is 34.9 Å². The number of benzene rings is 1. The standard InChI is InChI=1S/C13H14Cl2N4O2/c1-7(2)19-11(17-6-18-19)5-21-13(20)8-3-9(14)12(15)10(16)4-8/h3-4,6-7H,5,16H2,1-2H3. The van der Waals surface area contributed by atoms with Gasteiger partial charge in [-0.25, -0.2) is 14.5 Å². The zero-order valence-electron chi connectivity index (χ0n) is 11.5. The SMILES string of the molecule is CC(C)n1ncnc1COC(=O)c1cc(N)c(Cl)c(Cl)c1. The first-order valence-electron chi connectivity index (χ1n) is 6.20. The molecule has 21 heavy (non-hydrogen) atoms. The number of rotatable bonds is 4. The second-order valence-electron chi connectivity index (χ2n) is 4.65. The van der Waals surface area contributed by atoms with E-state index in [1.807, 2.05) is 13.8 Å². The summed E-state index contributed by atoms with van der Waals surface area (Å²) in [6.45, 7) is 3.93. The van der Waals surface area contributed by atoms with Crippen LogP contribution in [0.3, 0.4) is 0 Å². The first kappa shape index (κ1) is 15.6. The highest BCUT2D eigenvalue weighted by Crippen LogP contribution is 2.29. The number of hydrogen-bond acceptors (Lipinski definition) is 5. The molecule has 0 saturated carbocycles. The summed E-state index contributed by atoms with van der Waals surface area (Å²) < 4.78 is 6.87. The number of carbonyl (C=O) groups is 1. The highest BCUT2D eigenvalue weighted by atomic mass is 35.5. The van der Waals surface area contributed by atoms with Crippen LogP contribution in [0.5, 0.6) is 0 Å². The van der Waals surface area contributed by atoms with E-state index in [1.54, 1.807) is 4.68 Å². The molecule has 0 bridgehead atoms. The minimum Gasteiger partial charge on any atom is -0.454 e. The van der Waals surface area contributed by atoms with Crippen molar-refractivity contribution in [3.63, 3.8) is 0 Å². The molecule has 6 nitrogen and oxygen atoms in total. The zero-order chi connectivity index (χ0) is 15.6. The predicted octanol–water partition coefficient (Wildman–Crippen LogP) is 3.11. The summed E-state index contributed by atoms with van der Waals surface area (Å²) in [5.74, 6) is 0.00459. The molecule has 0 aliphatic heterocycles. The number of halogens is 2. The van der Waals surface area contributed by atoms with Crippen LogP contribution in [-0.2, 0) is 11.3 Å². The van der Waals surface area contributed by atoms with Crippen molar-refractivity contribution in [3.8, 4) is 0 Å². The lowest BCUT2D eigenvalue weighted by Gasteiger charge is -2.10. The first-order valence-corrected chi connectivity index (χ1v) is 6.95. The Hall–Kier alpha value is -1.79. The Bertz CT molecular complexity index is 647. The highest BCUT2D eigenvalue weighted by molar-refractivity contribution is 6.43. The highest BCUT2D eigenvalue weighted by Gasteiger charge is 2.15. The molecule has 1 aromatic carbocycles. The van der Waals surface area contributed by atoms with E-state index in [2.05, 4.69) is 10.1 Å². The third-order valence-corrected chi connectivity index (χ3v) is 3.58. The van der Waals surface area contributed by atoms with Crippen molar-refractivity contribution in [3.05, 3.63) is 39.9 Å². The number of esters is 1. The van der Waals surface area contributed by atoms with E-state index in [9.17, 15) is 4.79 Å². The molecule has 0 saturated heterocycles. The van der Waals surface area contributed by atoms with Crippen molar-refractivity contribution in [2.24, 2.45) is 0 Å². The fourth-order valence-corrected chi connectivity index (χ4v) is 2.09. The normalized spacial score (nSPS) is 10.9. The number of hydrogen-bond donors (Lipinski definition) is 1. The Morgan fingerprint density at radius 2 is 2.14 bits per heavy atom. The second kappa shape index (κ2) is 6.32. The average Bonchev–Trinajstić information content (AvgIpc) is 2.90. The van der Waals surface area contributed by atoms with Crippen molar-refractivity contribution in [1.29, 1.82) is 0 Å². The Kier molecular flexibility index (Phi) is 4.69. The summed E-state index contributed by atoms with van der Waals surface area (Å²) in [6.07, 6.45) is 1.42. The van der Waals surface area contributed by atoms with E-state index in [4.69, 9.17) is 33.7 Å². The monoisotopic (exact) mass is 328 g/mol. The summed E-state index contributed by atoms with van der Waals surface area (Å²) in [5, 5.41) is 4.48. The molecule has 0 unspecified atom stereocenters. The quantitative estimate of drug-likeness (QED) is 0.688. The summed E-state index contributed by atoms with van der Waals surface area (Å²) in [7, 11) is 0. The molecule has 2 N–H and O–H groups in total. The molecule has 0 radical (unpaired) electrons. The fourth-order valence-electron chi connectivity index (χ4n) is 1.75. The molecule has 2 rings (SSSR count). The van der Waals surface area contributed by atoms with E-state index >= 15 is 0 Å². The molecule has 2 aromatic rings. The van der Waals surface area contributed by atoms with E-state index < -0.39 is 5.97 Å². The fraction of sp³-hybridized carbons (Fsp3) is 0.308. The Morgan fingerprint density at radius 3 is 2.76 bits per heavy atom. The van der Waals surface area contributed by atoms with Gasteiger partial charge in [0.05, 0.1) is 21.3 Å². The molecule has 112 valence electrons. The van der Waals surface area contributed by atoms with Crippen LogP contribution < -0.4 is 5.73 Å². The van der Waals surface area contributed by atoms with E-state index in [0.717, 1.165) is 0 Å². The van der Waals surface area contributed by atoms with Gasteiger partial charge in [-0.05, 0) is 26.0 Å². The van der Waals surface area contributed by atoms with Gasteiger partial charge >= 0.3 is 5.97 Å². The number of ether oxygens (including phenoxy) is 1. The van der Waals surface area contributed by atoms with E-state index in [0.29, 0.717) is 5.82 Å². The van der Waals surface area contributed by atoms with Gasteiger partial charge in [0.1, 0.15) is 6.33 Å². The van der Waals surface area contributed by atoms with Crippen molar-refractivity contribution in [1.82, 2.24) is 14.8 Å². The first-order chi connectivity index (χ1) is 9.90. The Balaban J connectivity index is 2.10. The molecule has 1 aromatic heterocycles. The number of carbonyl (C=O) groups excluding carboxylic acids is 1. The van der Waals surface area contributed by atoms with Crippen LogP contribution in [0.2, 0.25) is 10.0 Å². The Morgan fingerprint density at radius 1 is 1.43 bits per heavy atom. The average molecular weight is 329 g/mol. The predicted molar refractivity (Wildman–Crippen MR) is 80.4 cm³/mol. The maximum absolute atomic E-state index is 12.0. The summed E-state index contributed by atoms with van der Waals surface area (Å²) in [4.78, 5) is 16.1. The van der Waals surface area contributed by atoms with Crippen molar-refractivity contribution in [2.45, 2.75) is 26.5 Å². The van der Waals surface area contributed by atoms with Gasteiger partial charge in [0.15, 0.2) is 12.4 Å². The molecule has 8 heteroatoms. The smallest absolute Gasteiger partial charge is 0.338 e. The van der Waals surface area contributed by atoms with Gasteiger partial charge in [0.2, 0.25) is 0 Å². The number of nitrogen functional groups attached to an aromatic ring is 1. The molecular weight excluding hydrogens is 315 g/mol. The van der Waals surface area contributed by atoms with Crippen LogP contribution >= 0.6 is 23.2 Å². The molecular formula is C13H14Cl2N4O2. The topological polar surface area (TPSA) is 83.0 Å². The Labute approximate surface area is 131 Å². The van der Waals surface area contributed by atoms with Gasteiger partial charge in [-0.3, -0.25) is 0 Å². The minimum absolute atomic E-state index is 0.0111. The van der Waals surface area contributed by atoms with Gasteiger partial charge in [-0.15, -0.1) is 0 Å². The van der Waals surface area contributed by atoms with E-state index in [-0.39, 0.29) is 33.9 Å². The van der Waals surface area contributed by atoms with Gasteiger partial charge in [0.25, 0.3) is 0 Å². The molecule has 0 amide bonds. The molecule has 0 aliphatic rings. The van der Waals surface area contributed by atoms with Crippen LogP contribution in [0.4, 0.5) is 5.69 Å². The third kappa shape index (κ3) is 3.46. The third-order valence-electron chi connectivity index (χ3n) is 2.76. The van der Waals surface area contributed by atoms with Crippen molar-refractivity contribution in [2.75, 3.05) is 5.73 Å². The van der Waals surface area contributed by atoms with Crippen LogP contribution in [0.25, 0.3) is 0 Å². The molecule has 0 spiro atoms. The van der Waals surface area contributed by atoms with Gasteiger partial charge < -0.3 is 10.5 Å². The van der Waals surface area contributed by atoms with Crippen molar-refractivity contribution < 1.29 is 9.53 Å². The van der Waals surface area contributed by atoms with Crippen LogP contribution in [0, 0.1) is 0 Å².